The van der Waals surface area contributed by atoms with Crippen LogP contribution in [0.5, 0.6) is 23.0 Å². The Morgan fingerprint density at radius 1 is 0.771 bits per heavy atom. The number of β-amino-alcohol motifs (C(OH)–C–C–N with tert-alkyl or cyclic N) is 1. The Morgan fingerprint density at radius 3 is 1.57 bits per heavy atom. The Hall–Kier alpha value is -2.19. The van der Waals surface area contributed by atoms with E-state index in [9.17, 15) is 10.2 Å². The van der Waals surface area contributed by atoms with Crippen LogP contribution in [0.25, 0.3) is 0 Å². The van der Waals surface area contributed by atoms with Gasteiger partial charge in [-0.2, -0.15) is 0 Å². The van der Waals surface area contributed by atoms with Gasteiger partial charge in [-0.1, -0.05) is 12.1 Å². The molecule has 1 aliphatic heterocycles. The van der Waals surface area contributed by atoms with Crippen molar-refractivity contribution in [3.63, 3.8) is 0 Å². The lowest BCUT2D eigenvalue weighted by atomic mass is 10.0. The minimum atomic E-state index is -0.731. The molecule has 1 heterocycles. The largest absolute Gasteiger partial charge is 0.493 e. The summed E-state index contributed by atoms with van der Waals surface area (Å²) in [4.78, 5) is 2.41. The van der Waals surface area contributed by atoms with Crippen LogP contribution in [-0.2, 0) is 12.8 Å². The quantitative estimate of drug-likeness (QED) is 0.424. The molecule has 196 valence electrons. The molecule has 7 nitrogen and oxygen atoms in total. The van der Waals surface area contributed by atoms with E-state index in [1.54, 1.807) is 28.4 Å². The van der Waals surface area contributed by atoms with E-state index in [1.807, 2.05) is 24.3 Å². The predicted octanol–water partition coefficient (Wildman–Crippen LogP) is 3.89. The van der Waals surface area contributed by atoms with E-state index in [4.69, 9.17) is 18.9 Å². The van der Waals surface area contributed by atoms with Crippen molar-refractivity contribution in [2.45, 2.75) is 56.7 Å². The molecule has 0 radical (unpaired) electrons. The molecule has 0 saturated carbocycles. The Balaban J connectivity index is 0.00000432. The summed E-state index contributed by atoms with van der Waals surface area (Å²) in [5.74, 6) is 2.95. The fourth-order valence-electron chi connectivity index (χ4n) is 4.97. The van der Waals surface area contributed by atoms with Gasteiger partial charge in [0, 0.05) is 18.6 Å². The number of aliphatic hydroxyl groups is 2. The summed E-state index contributed by atoms with van der Waals surface area (Å²) in [6.45, 7) is 0.269. The van der Waals surface area contributed by atoms with E-state index in [0.717, 1.165) is 61.5 Å². The summed E-state index contributed by atoms with van der Waals surface area (Å²) in [7, 11) is 6.59. The molecular weight excluding hydrogens is 470 g/mol. The number of likely N-dealkylation sites (tertiary alicyclic amines) is 1. The topological polar surface area (TPSA) is 80.6 Å². The second kappa shape index (κ2) is 14.4. The van der Waals surface area contributed by atoms with Crippen molar-refractivity contribution in [3.05, 3.63) is 47.5 Å². The molecule has 3 atom stereocenters. The van der Waals surface area contributed by atoms with Crippen LogP contribution in [0.2, 0.25) is 0 Å². The number of methoxy groups -OCH3 is 4. The molecule has 2 N–H and O–H groups in total. The maximum atomic E-state index is 10.2. The number of aryl methyl sites for hydroxylation is 2. The Morgan fingerprint density at radius 2 is 1.20 bits per heavy atom. The van der Waals surface area contributed by atoms with Gasteiger partial charge in [0.2, 0.25) is 0 Å². The summed E-state index contributed by atoms with van der Waals surface area (Å²) in [5.41, 5.74) is 2.41. The summed E-state index contributed by atoms with van der Waals surface area (Å²) in [6, 6.07) is 12.9. The number of nitrogens with zero attached hydrogens (tertiary/aromatic N) is 1. The number of hydrogen-bond donors (Lipinski definition) is 2. The number of rotatable bonds is 13. The number of hydrogen-bond acceptors (Lipinski definition) is 7. The van der Waals surface area contributed by atoms with Gasteiger partial charge in [0.15, 0.2) is 23.0 Å². The smallest absolute Gasteiger partial charge is 0.160 e. The van der Waals surface area contributed by atoms with Crippen molar-refractivity contribution >= 4 is 12.4 Å². The second-order valence-corrected chi connectivity index (χ2v) is 8.87. The molecule has 8 heteroatoms. The molecule has 1 saturated heterocycles. The fraction of sp³-hybridized carbons (Fsp3) is 0.556. The molecule has 2 aromatic rings. The molecular formula is C27H40ClNO6. The summed E-state index contributed by atoms with van der Waals surface area (Å²) in [5, 5.41) is 19.7. The van der Waals surface area contributed by atoms with Gasteiger partial charge < -0.3 is 29.2 Å². The molecule has 0 aliphatic carbocycles. The van der Waals surface area contributed by atoms with Crippen LogP contribution < -0.4 is 18.9 Å². The number of halogens is 1. The number of benzene rings is 2. The summed E-state index contributed by atoms with van der Waals surface area (Å²) in [6.07, 6.45) is 5.24. The highest BCUT2D eigenvalue weighted by molar-refractivity contribution is 5.85. The monoisotopic (exact) mass is 509 g/mol. The number of aliphatic hydroxyl groups excluding tert-OH is 2. The zero-order chi connectivity index (χ0) is 24.5. The highest BCUT2D eigenvalue weighted by Crippen LogP contribution is 2.33. The van der Waals surface area contributed by atoms with Crippen molar-refractivity contribution in [1.82, 2.24) is 4.90 Å². The zero-order valence-electron chi connectivity index (χ0n) is 21.2. The van der Waals surface area contributed by atoms with E-state index < -0.39 is 6.10 Å². The Labute approximate surface area is 215 Å². The maximum absolute atomic E-state index is 10.2. The molecule has 2 unspecified atom stereocenters. The molecule has 35 heavy (non-hydrogen) atoms. The van der Waals surface area contributed by atoms with Gasteiger partial charge in [0.25, 0.3) is 0 Å². The molecule has 1 aliphatic rings. The minimum absolute atomic E-state index is 0. The van der Waals surface area contributed by atoms with Gasteiger partial charge in [-0.15, -0.1) is 12.4 Å². The molecule has 3 rings (SSSR count). The maximum Gasteiger partial charge on any atom is 0.160 e. The third-order valence-corrected chi connectivity index (χ3v) is 6.83. The van der Waals surface area contributed by atoms with Crippen LogP contribution in [0.1, 0.15) is 36.8 Å². The van der Waals surface area contributed by atoms with E-state index >= 15 is 0 Å². The first kappa shape index (κ1) is 29.0. The highest BCUT2D eigenvalue weighted by Gasteiger charge is 2.33. The molecule has 0 spiro atoms. The Bertz CT molecular complexity index is 844. The van der Waals surface area contributed by atoms with Crippen molar-refractivity contribution in [3.8, 4) is 23.0 Å². The van der Waals surface area contributed by atoms with Crippen LogP contribution in [0.15, 0.2) is 36.4 Å². The first-order chi connectivity index (χ1) is 16.5. The summed E-state index contributed by atoms with van der Waals surface area (Å²) < 4.78 is 21.6. The number of ether oxygens (including phenoxy) is 4. The molecule has 0 bridgehead atoms. The molecule has 1 fully saturated rings. The van der Waals surface area contributed by atoms with Crippen LogP contribution >= 0.6 is 12.4 Å². The predicted molar refractivity (Wildman–Crippen MR) is 140 cm³/mol. The van der Waals surface area contributed by atoms with Crippen molar-refractivity contribution < 1.29 is 29.2 Å². The second-order valence-electron chi connectivity index (χ2n) is 8.87. The average Bonchev–Trinajstić information content (AvgIpc) is 3.26. The summed E-state index contributed by atoms with van der Waals surface area (Å²) >= 11 is 0. The lowest BCUT2D eigenvalue weighted by Gasteiger charge is -2.32. The Kier molecular flexibility index (Phi) is 11.9. The molecule has 0 aromatic heterocycles. The zero-order valence-corrected chi connectivity index (χ0v) is 22.1. The van der Waals surface area contributed by atoms with Crippen LogP contribution in [0, 0.1) is 0 Å². The SMILES string of the molecule is COc1ccc(CCC2CCC(CCc3ccc(OC)c(OC)c3)N2C[C@@H](O)CO)cc1OC.Cl. The van der Waals surface area contributed by atoms with Gasteiger partial charge in [0.1, 0.15) is 0 Å². The average molecular weight is 510 g/mol. The standard InChI is InChI=1S/C27H39NO6.ClH/c1-31-24-13-7-19(15-26(24)33-3)5-9-21-11-12-22(28(21)17-23(30)18-29)10-6-20-8-14-25(32-2)27(16-20)34-4;/h7-8,13-16,21-23,29-30H,5-6,9-12,17-18H2,1-4H3;1H/t21?,22?,23-;/m1./s1. The van der Waals surface area contributed by atoms with Crippen molar-refractivity contribution in [1.29, 1.82) is 0 Å². The van der Waals surface area contributed by atoms with E-state index in [2.05, 4.69) is 17.0 Å². The van der Waals surface area contributed by atoms with Gasteiger partial charge in [-0.25, -0.2) is 0 Å². The third-order valence-electron chi connectivity index (χ3n) is 6.83. The normalized spacial score (nSPS) is 18.6. The third kappa shape index (κ3) is 7.64. The van der Waals surface area contributed by atoms with Crippen LogP contribution in [-0.4, -0.2) is 74.9 Å². The van der Waals surface area contributed by atoms with Crippen LogP contribution in [0.3, 0.4) is 0 Å². The van der Waals surface area contributed by atoms with E-state index in [-0.39, 0.29) is 19.0 Å². The van der Waals surface area contributed by atoms with Crippen molar-refractivity contribution in [2.75, 3.05) is 41.6 Å². The first-order valence-electron chi connectivity index (χ1n) is 12.0. The highest BCUT2D eigenvalue weighted by atomic mass is 35.5. The van der Waals surface area contributed by atoms with Crippen molar-refractivity contribution in [2.24, 2.45) is 0 Å². The minimum Gasteiger partial charge on any atom is -0.493 e. The van der Waals surface area contributed by atoms with Crippen LogP contribution in [0.4, 0.5) is 0 Å². The first-order valence-corrected chi connectivity index (χ1v) is 12.0. The molecule has 2 aromatic carbocycles. The lowest BCUT2D eigenvalue weighted by molar-refractivity contribution is 0.0393. The van der Waals surface area contributed by atoms with Gasteiger partial charge in [-0.3, -0.25) is 4.90 Å². The van der Waals surface area contributed by atoms with Gasteiger partial charge >= 0.3 is 0 Å². The van der Waals surface area contributed by atoms with E-state index in [1.165, 1.54) is 11.1 Å². The van der Waals surface area contributed by atoms with E-state index in [0.29, 0.717) is 18.6 Å². The lowest BCUT2D eigenvalue weighted by Crippen LogP contribution is -2.42. The molecule has 0 amide bonds. The van der Waals surface area contributed by atoms with Gasteiger partial charge in [-0.05, 0) is 73.9 Å². The fourth-order valence-corrected chi connectivity index (χ4v) is 4.97. The van der Waals surface area contributed by atoms with Gasteiger partial charge in [0.05, 0.1) is 41.2 Å².